The van der Waals surface area contributed by atoms with Crippen LogP contribution in [0.25, 0.3) is 10.8 Å². The number of ether oxygens (including phenoxy) is 1. The SMILES string of the molecule is CCN(C[C@@H]1CCOC1)C(=O)c1nn(C)c(=O)c2ccccc12. The molecule has 2 heterocycles. The first-order valence-corrected chi connectivity index (χ1v) is 7.95. The van der Waals surface area contributed by atoms with Crippen LogP contribution in [-0.4, -0.2) is 46.9 Å². The van der Waals surface area contributed by atoms with E-state index in [2.05, 4.69) is 5.10 Å². The molecule has 2 aromatic rings. The van der Waals surface area contributed by atoms with Crippen molar-refractivity contribution >= 4 is 16.7 Å². The first-order valence-electron chi connectivity index (χ1n) is 7.95. The largest absolute Gasteiger partial charge is 0.381 e. The van der Waals surface area contributed by atoms with Crippen LogP contribution in [0.2, 0.25) is 0 Å². The number of aromatic nitrogens is 2. The first-order chi connectivity index (χ1) is 11.1. The molecule has 0 aliphatic carbocycles. The predicted molar refractivity (Wildman–Crippen MR) is 87.5 cm³/mol. The Morgan fingerprint density at radius 3 is 2.78 bits per heavy atom. The molecule has 23 heavy (non-hydrogen) atoms. The van der Waals surface area contributed by atoms with Gasteiger partial charge in [0, 0.05) is 38.0 Å². The van der Waals surface area contributed by atoms with Crippen LogP contribution in [0.3, 0.4) is 0 Å². The quantitative estimate of drug-likeness (QED) is 0.856. The summed E-state index contributed by atoms with van der Waals surface area (Å²) in [4.78, 5) is 26.9. The predicted octanol–water partition coefficient (Wildman–Crippen LogP) is 1.43. The summed E-state index contributed by atoms with van der Waals surface area (Å²) >= 11 is 0. The molecule has 0 radical (unpaired) electrons. The van der Waals surface area contributed by atoms with Crippen LogP contribution in [-0.2, 0) is 11.8 Å². The van der Waals surface area contributed by atoms with Crippen molar-refractivity contribution in [3.05, 3.63) is 40.3 Å². The minimum Gasteiger partial charge on any atom is -0.381 e. The fourth-order valence-electron chi connectivity index (χ4n) is 3.00. The molecule has 0 unspecified atom stereocenters. The molecule has 0 saturated carbocycles. The molecule has 0 N–H and O–H groups in total. The van der Waals surface area contributed by atoms with E-state index in [1.807, 2.05) is 13.0 Å². The highest BCUT2D eigenvalue weighted by molar-refractivity contribution is 6.04. The zero-order valence-electron chi connectivity index (χ0n) is 13.5. The molecule has 1 aliphatic heterocycles. The van der Waals surface area contributed by atoms with Crippen LogP contribution in [0, 0.1) is 5.92 Å². The number of carbonyl (C=O) groups excluding carboxylic acids is 1. The van der Waals surface area contributed by atoms with Crippen molar-refractivity contribution in [2.75, 3.05) is 26.3 Å². The third kappa shape index (κ3) is 2.99. The summed E-state index contributed by atoms with van der Waals surface area (Å²) in [6.45, 7) is 4.68. The number of aryl methyl sites for hydroxylation is 1. The standard InChI is InChI=1S/C17H21N3O3/c1-3-20(10-12-8-9-23-11-12)17(22)15-13-6-4-5-7-14(13)16(21)19(2)18-15/h4-7,12H,3,8-11H2,1-2H3/t12-/m0/s1. The second kappa shape index (κ2) is 6.50. The van der Waals surface area contributed by atoms with Crippen LogP contribution in [0.15, 0.2) is 29.1 Å². The van der Waals surface area contributed by atoms with Gasteiger partial charge >= 0.3 is 0 Å². The van der Waals surface area contributed by atoms with Crippen LogP contribution in [0.1, 0.15) is 23.8 Å². The maximum Gasteiger partial charge on any atom is 0.274 e. The van der Waals surface area contributed by atoms with Crippen molar-refractivity contribution in [2.45, 2.75) is 13.3 Å². The summed E-state index contributed by atoms with van der Waals surface area (Å²) in [7, 11) is 1.58. The molecule has 1 fully saturated rings. The van der Waals surface area contributed by atoms with Gasteiger partial charge in [0.15, 0.2) is 5.69 Å². The molecule has 1 aliphatic rings. The summed E-state index contributed by atoms with van der Waals surface area (Å²) in [5.74, 6) is 0.240. The summed E-state index contributed by atoms with van der Waals surface area (Å²) in [6, 6.07) is 7.13. The smallest absolute Gasteiger partial charge is 0.274 e. The Kier molecular flexibility index (Phi) is 4.43. The van der Waals surface area contributed by atoms with E-state index in [0.717, 1.165) is 13.0 Å². The second-order valence-corrected chi connectivity index (χ2v) is 5.90. The average molecular weight is 315 g/mol. The topological polar surface area (TPSA) is 64.4 Å². The fourth-order valence-corrected chi connectivity index (χ4v) is 3.00. The number of nitrogens with zero attached hydrogens (tertiary/aromatic N) is 3. The monoisotopic (exact) mass is 315 g/mol. The molecule has 6 nitrogen and oxygen atoms in total. The van der Waals surface area contributed by atoms with Gasteiger partial charge in [-0.15, -0.1) is 0 Å². The fraction of sp³-hybridized carbons (Fsp3) is 0.471. The number of fused-ring (bicyclic) bond motifs is 1. The summed E-state index contributed by atoms with van der Waals surface area (Å²) in [5.41, 5.74) is 0.146. The molecule has 1 amide bonds. The first kappa shape index (κ1) is 15.7. The highest BCUT2D eigenvalue weighted by Crippen LogP contribution is 2.18. The molecule has 0 spiro atoms. The van der Waals surface area contributed by atoms with Gasteiger partial charge in [-0.05, 0) is 19.4 Å². The number of carbonyl (C=O) groups is 1. The third-order valence-corrected chi connectivity index (χ3v) is 4.33. The Bertz CT molecular complexity index is 778. The van der Waals surface area contributed by atoms with Gasteiger partial charge in [0.25, 0.3) is 11.5 Å². The third-order valence-electron chi connectivity index (χ3n) is 4.33. The maximum absolute atomic E-state index is 12.9. The zero-order valence-corrected chi connectivity index (χ0v) is 13.5. The summed E-state index contributed by atoms with van der Waals surface area (Å²) < 4.78 is 6.63. The average Bonchev–Trinajstić information content (AvgIpc) is 3.08. The van der Waals surface area contributed by atoms with Crippen molar-refractivity contribution in [2.24, 2.45) is 13.0 Å². The van der Waals surface area contributed by atoms with E-state index in [1.54, 1.807) is 30.1 Å². The Balaban J connectivity index is 1.99. The molecule has 0 bridgehead atoms. The molecular weight excluding hydrogens is 294 g/mol. The molecule has 6 heteroatoms. The Hall–Kier alpha value is -2.21. The van der Waals surface area contributed by atoms with Gasteiger partial charge in [-0.2, -0.15) is 5.10 Å². The van der Waals surface area contributed by atoms with Crippen molar-refractivity contribution in [3.63, 3.8) is 0 Å². The van der Waals surface area contributed by atoms with Crippen LogP contribution in [0.4, 0.5) is 0 Å². The van der Waals surface area contributed by atoms with Crippen LogP contribution in [0.5, 0.6) is 0 Å². The lowest BCUT2D eigenvalue weighted by molar-refractivity contribution is 0.0724. The summed E-state index contributed by atoms with van der Waals surface area (Å²) in [6.07, 6.45) is 0.977. The van der Waals surface area contributed by atoms with Crippen molar-refractivity contribution in [1.82, 2.24) is 14.7 Å². The number of benzene rings is 1. The molecule has 3 rings (SSSR count). The molecule has 1 aromatic carbocycles. The second-order valence-electron chi connectivity index (χ2n) is 5.90. The molecule has 122 valence electrons. The molecular formula is C17H21N3O3. The van der Waals surface area contributed by atoms with Gasteiger partial charge in [-0.3, -0.25) is 9.59 Å². The maximum atomic E-state index is 12.9. The van der Waals surface area contributed by atoms with Crippen LogP contribution >= 0.6 is 0 Å². The number of hydrogen-bond acceptors (Lipinski definition) is 4. The van der Waals surface area contributed by atoms with E-state index in [9.17, 15) is 9.59 Å². The zero-order chi connectivity index (χ0) is 16.4. The van der Waals surface area contributed by atoms with E-state index in [4.69, 9.17) is 4.74 Å². The minimum atomic E-state index is -0.190. The minimum absolute atomic E-state index is 0.133. The molecule has 1 atom stereocenters. The van der Waals surface area contributed by atoms with Crippen molar-refractivity contribution in [1.29, 1.82) is 0 Å². The van der Waals surface area contributed by atoms with Crippen LogP contribution < -0.4 is 5.56 Å². The van der Waals surface area contributed by atoms with Gasteiger partial charge in [-0.25, -0.2) is 4.68 Å². The lowest BCUT2D eigenvalue weighted by atomic mass is 10.1. The van der Waals surface area contributed by atoms with E-state index in [-0.39, 0.29) is 11.5 Å². The summed E-state index contributed by atoms with van der Waals surface area (Å²) in [5, 5.41) is 5.36. The Morgan fingerprint density at radius 1 is 1.39 bits per heavy atom. The van der Waals surface area contributed by atoms with E-state index >= 15 is 0 Å². The Labute approximate surface area is 134 Å². The van der Waals surface area contributed by atoms with E-state index in [1.165, 1.54) is 4.68 Å². The highest BCUT2D eigenvalue weighted by Gasteiger charge is 2.25. The highest BCUT2D eigenvalue weighted by atomic mass is 16.5. The number of rotatable bonds is 4. The van der Waals surface area contributed by atoms with Crippen molar-refractivity contribution < 1.29 is 9.53 Å². The Morgan fingerprint density at radius 2 is 2.13 bits per heavy atom. The number of hydrogen-bond donors (Lipinski definition) is 0. The molecule has 1 aromatic heterocycles. The lowest BCUT2D eigenvalue weighted by Crippen LogP contribution is -2.37. The molecule has 1 saturated heterocycles. The van der Waals surface area contributed by atoms with Gasteiger partial charge < -0.3 is 9.64 Å². The van der Waals surface area contributed by atoms with Gasteiger partial charge in [0.05, 0.1) is 12.0 Å². The van der Waals surface area contributed by atoms with E-state index < -0.39 is 0 Å². The van der Waals surface area contributed by atoms with Gasteiger partial charge in [-0.1, -0.05) is 18.2 Å². The van der Waals surface area contributed by atoms with Crippen molar-refractivity contribution in [3.8, 4) is 0 Å². The van der Waals surface area contributed by atoms with E-state index in [0.29, 0.717) is 42.1 Å². The normalized spacial score (nSPS) is 17.6. The van der Waals surface area contributed by atoms with Gasteiger partial charge in [0.2, 0.25) is 0 Å². The lowest BCUT2D eigenvalue weighted by Gasteiger charge is -2.24. The van der Waals surface area contributed by atoms with Gasteiger partial charge in [0.1, 0.15) is 0 Å². The number of amides is 1.